The highest BCUT2D eigenvalue weighted by atomic mass is 15.3. The van der Waals surface area contributed by atoms with E-state index in [4.69, 9.17) is 0 Å². The van der Waals surface area contributed by atoms with Gasteiger partial charge in [-0.25, -0.2) is 9.97 Å². The number of nitrogens with one attached hydrogen (secondary N) is 2. The molecule has 172 valence electrons. The number of rotatable bonds is 5. The lowest BCUT2D eigenvalue weighted by Gasteiger charge is -2.39. The first-order valence-electron chi connectivity index (χ1n) is 11.9. The molecule has 1 aromatic carbocycles. The van der Waals surface area contributed by atoms with Crippen LogP contribution in [-0.4, -0.2) is 67.7 Å². The summed E-state index contributed by atoms with van der Waals surface area (Å²) in [4.78, 5) is 18.5. The predicted octanol–water partition coefficient (Wildman–Crippen LogP) is 0.448. The average molecular weight is 444 g/mol. The van der Waals surface area contributed by atoms with E-state index in [2.05, 4.69) is 66.4 Å². The van der Waals surface area contributed by atoms with Crippen LogP contribution in [0.5, 0.6) is 0 Å². The van der Waals surface area contributed by atoms with Crippen LogP contribution >= 0.6 is 0 Å². The quantitative estimate of drug-likeness (QED) is 0.652. The minimum Gasteiger partial charge on any atom is -0.763 e. The molecule has 8 nitrogen and oxygen atoms in total. The molecule has 0 aliphatic carbocycles. The zero-order chi connectivity index (χ0) is 22.6. The van der Waals surface area contributed by atoms with Crippen molar-refractivity contribution in [3.8, 4) is 0 Å². The molecule has 2 atom stereocenters. The zero-order valence-electron chi connectivity index (χ0n) is 19.2. The molecule has 8 heteroatoms. The first-order valence-corrected chi connectivity index (χ1v) is 11.9. The fraction of sp³-hybridized carbons (Fsp3) is 0.480. The standard InChI is InChI=1S/C25H31N8/c1-18-11-21(29-13-19-14-30-25(31-15-19)32-9-7-27-8-10-32)17-33(16-18)23-5-4-20(12-26)24-22(23)3-2-6-28-24/h2-5,14-15,18,21,27,29H,6-11,13,16-17H2,1H3/q-1/t18-,21+/m0/s1. The Labute approximate surface area is 194 Å². The normalized spacial score (nSPS) is 22.5. The second kappa shape index (κ2) is 9.83. The summed E-state index contributed by atoms with van der Waals surface area (Å²) in [5.74, 6) is 3.68. The van der Waals surface area contributed by atoms with Crippen molar-refractivity contribution in [1.29, 1.82) is 0 Å². The maximum Gasteiger partial charge on any atom is 0.225 e. The Kier molecular flexibility index (Phi) is 6.48. The minimum atomic E-state index is 0.373. The van der Waals surface area contributed by atoms with Gasteiger partial charge in [-0.1, -0.05) is 19.1 Å². The number of fused-ring (bicyclic) bond motifs is 1. The van der Waals surface area contributed by atoms with Crippen LogP contribution in [0.25, 0.3) is 11.5 Å². The van der Waals surface area contributed by atoms with Gasteiger partial charge in [0.25, 0.3) is 0 Å². The highest BCUT2D eigenvalue weighted by molar-refractivity contribution is 5.71. The van der Waals surface area contributed by atoms with E-state index in [-0.39, 0.29) is 0 Å². The number of piperidine rings is 1. The van der Waals surface area contributed by atoms with Gasteiger partial charge in [-0.2, -0.15) is 0 Å². The van der Waals surface area contributed by atoms with Gasteiger partial charge in [0, 0.05) is 86.3 Å². The van der Waals surface area contributed by atoms with Crippen molar-refractivity contribution in [2.75, 3.05) is 55.6 Å². The number of piperazine rings is 1. The van der Waals surface area contributed by atoms with Gasteiger partial charge < -0.3 is 25.8 Å². The Bertz CT molecular complexity index is 1150. The highest BCUT2D eigenvalue weighted by Gasteiger charge is 2.26. The minimum absolute atomic E-state index is 0.373. The molecular formula is C25H31N8-. The van der Waals surface area contributed by atoms with Crippen molar-refractivity contribution >= 4 is 23.6 Å². The SMILES string of the molecule is C[C@H]1C[C@@H](NCc2cnc(N3CCNCC3)nc2)CN(c2ccc(=C=[N-])c3c2C=CCN=3)C1. The lowest BCUT2D eigenvalue weighted by Crippen LogP contribution is -2.49. The van der Waals surface area contributed by atoms with Crippen molar-refractivity contribution in [3.05, 3.63) is 57.7 Å². The maximum absolute atomic E-state index is 9.47. The average Bonchev–Trinajstić information content (AvgIpc) is 2.87. The molecular weight excluding hydrogens is 412 g/mol. The Hall–Kier alpha value is -3.06. The molecule has 1 aromatic heterocycles. The molecule has 0 bridgehead atoms. The van der Waals surface area contributed by atoms with E-state index in [0.717, 1.165) is 74.7 Å². The molecule has 0 spiro atoms. The van der Waals surface area contributed by atoms with E-state index >= 15 is 0 Å². The van der Waals surface area contributed by atoms with E-state index in [0.29, 0.717) is 23.7 Å². The molecule has 3 aliphatic rings. The molecule has 4 heterocycles. The van der Waals surface area contributed by atoms with Gasteiger partial charge in [0.2, 0.25) is 5.95 Å². The van der Waals surface area contributed by atoms with E-state index < -0.39 is 0 Å². The van der Waals surface area contributed by atoms with Crippen LogP contribution in [0.3, 0.4) is 0 Å². The lowest BCUT2D eigenvalue weighted by molar-refractivity contribution is 0.349. The fourth-order valence-corrected chi connectivity index (χ4v) is 5.04. The molecule has 0 amide bonds. The molecule has 2 aromatic rings. The topological polar surface area (TPSA) is 91.0 Å². The van der Waals surface area contributed by atoms with Gasteiger partial charge in [-0.05, 0) is 24.5 Å². The Morgan fingerprint density at radius 2 is 1.97 bits per heavy atom. The summed E-state index contributed by atoms with van der Waals surface area (Å²) >= 11 is 0. The van der Waals surface area contributed by atoms with Gasteiger partial charge in [-0.15, -0.1) is 0 Å². The molecule has 2 N–H and O–H groups in total. The summed E-state index contributed by atoms with van der Waals surface area (Å²) in [7, 11) is 0. The largest absolute Gasteiger partial charge is 0.763 e. The number of nitrogens with zero attached hydrogens (tertiary/aromatic N) is 6. The van der Waals surface area contributed by atoms with Crippen molar-refractivity contribution in [2.24, 2.45) is 10.9 Å². The van der Waals surface area contributed by atoms with Crippen LogP contribution in [0.15, 0.2) is 35.6 Å². The zero-order valence-corrected chi connectivity index (χ0v) is 19.2. The lowest BCUT2D eigenvalue weighted by atomic mass is 9.94. The van der Waals surface area contributed by atoms with Gasteiger partial charge in [-0.3, -0.25) is 10.9 Å². The summed E-state index contributed by atoms with van der Waals surface area (Å²) in [6.45, 7) is 9.51. The monoisotopic (exact) mass is 443 g/mol. The second-order valence-corrected chi connectivity index (χ2v) is 9.20. The number of anilines is 2. The Balaban J connectivity index is 1.27. The van der Waals surface area contributed by atoms with E-state index in [1.54, 1.807) is 0 Å². The predicted molar refractivity (Wildman–Crippen MR) is 132 cm³/mol. The Morgan fingerprint density at radius 3 is 2.76 bits per heavy atom. The number of benzene rings is 1. The van der Waals surface area contributed by atoms with Gasteiger partial charge in [0.15, 0.2) is 0 Å². The summed E-state index contributed by atoms with van der Waals surface area (Å²) < 4.78 is 0. The van der Waals surface area contributed by atoms with Gasteiger partial charge >= 0.3 is 0 Å². The van der Waals surface area contributed by atoms with Crippen LogP contribution in [0, 0.1) is 5.92 Å². The number of hydrogen-bond donors (Lipinski definition) is 2. The van der Waals surface area contributed by atoms with Crippen molar-refractivity contribution in [1.82, 2.24) is 20.6 Å². The first kappa shape index (κ1) is 21.8. The number of hydrogen-bond acceptors (Lipinski definition) is 7. The Morgan fingerprint density at radius 1 is 1.15 bits per heavy atom. The first-order chi connectivity index (χ1) is 16.2. The molecule has 0 saturated carbocycles. The molecule has 33 heavy (non-hydrogen) atoms. The summed E-state index contributed by atoms with van der Waals surface area (Å²) in [5.41, 5.74) is 3.35. The fourth-order valence-electron chi connectivity index (χ4n) is 5.04. The van der Waals surface area contributed by atoms with Gasteiger partial charge in [0.05, 0.1) is 11.9 Å². The van der Waals surface area contributed by atoms with E-state index in [1.807, 2.05) is 18.5 Å². The highest BCUT2D eigenvalue weighted by Crippen LogP contribution is 2.26. The molecule has 2 fully saturated rings. The second-order valence-electron chi connectivity index (χ2n) is 9.20. The summed E-state index contributed by atoms with van der Waals surface area (Å²) in [6, 6.07) is 4.37. The van der Waals surface area contributed by atoms with Gasteiger partial charge in [0.1, 0.15) is 0 Å². The summed E-state index contributed by atoms with van der Waals surface area (Å²) in [5, 5.41) is 18.1. The van der Waals surface area contributed by atoms with Crippen LogP contribution < -0.4 is 31.0 Å². The molecule has 2 saturated heterocycles. The number of aromatic nitrogens is 2. The van der Waals surface area contributed by atoms with E-state index in [1.165, 1.54) is 5.69 Å². The molecule has 5 rings (SSSR count). The van der Waals surface area contributed by atoms with Crippen molar-refractivity contribution in [2.45, 2.75) is 25.9 Å². The molecule has 3 aliphatic heterocycles. The third-order valence-corrected chi connectivity index (χ3v) is 6.64. The van der Waals surface area contributed by atoms with Crippen LogP contribution in [0.1, 0.15) is 24.5 Å². The van der Waals surface area contributed by atoms with Crippen LogP contribution in [-0.2, 0) is 6.54 Å². The molecule has 0 radical (unpaired) electrons. The van der Waals surface area contributed by atoms with E-state index in [9.17, 15) is 5.41 Å². The van der Waals surface area contributed by atoms with Crippen LogP contribution in [0.4, 0.5) is 11.6 Å². The van der Waals surface area contributed by atoms with Crippen LogP contribution in [0.2, 0.25) is 0 Å². The summed E-state index contributed by atoms with van der Waals surface area (Å²) in [6.07, 6.45) is 9.22. The smallest absolute Gasteiger partial charge is 0.225 e. The van der Waals surface area contributed by atoms with Crippen molar-refractivity contribution < 1.29 is 0 Å². The third kappa shape index (κ3) is 4.83. The van der Waals surface area contributed by atoms with Crippen molar-refractivity contribution in [3.63, 3.8) is 0 Å². The third-order valence-electron chi connectivity index (χ3n) is 6.64. The maximum atomic E-state index is 9.47. The molecule has 0 unspecified atom stereocenters.